The summed E-state index contributed by atoms with van der Waals surface area (Å²) in [6.45, 7) is 0. The summed E-state index contributed by atoms with van der Waals surface area (Å²) in [6.07, 6.45) is 0. The van der Waals surface area contributed by atoms with E-state index in [2.05, 4.69) is 5.32 Å². The predicted molar refractivity (Wildman–Crippen MR) is 88.2 cm³/mol. The van der Waals surface area contributed by atoms with Gasteiger partial charge in [-0.3, -0.25) is 14.4 Å². The lowest BCUT2D eigenvalue weighted by Crippen LogP contribution is -2.32. The van der Waals surface area contributed by atoms with E-state index in [1.807, 2.05) is 0 Å². The minimum atomic E-state index is -0.824. The van der Waals surface area contributed by atoms with Crippen LogP contribution in [-0.2, 0) is 9.63 Å². The standard InChI is InChI=1S/C17H10N2O5S/c20-14-8-25-13-7-9(5-6-12(13)18-14)17(23)24-19-15(21)10-3-1-2-4-11(10)16(19)22/h1-7H,8H2,(H,18,20). The van der Waals surface area contributed by atoms with Gasteiger partial charge < -0.3 is 10.2 Å². The highest BCUT2D eigenvalue weighted by Gasteiger charge is 2.38. The fraction of sp³-hybridized carbons (Fsp3) is 0.0588. The van der Waals surface area contributed by atoms with Gasteiger partial charge in [0.25, 0.3) is 11.8 Å². The summed E-state index contributed by atoms with van der Waals surface area (Å²) in [5.74, 6) is -2.03. The topological polar surface area (TPSA) is 92.8 Å². The second-order valence-electron chi connectivity index (χ2n) is 5.38. The fourth-order valence-corrected chi connectivity index (χ4v) is 3.43. The molecule has 124 valence electrons. The van der Waals surface area contributed by atoms with Crippen molar-refractivity contribution in [1.29, 1.82) is 0 Å². The zero-order valence-corrected chi connectivity index (χ0v) is 13.5. The molecule has 0 saturated carbocycles. The monoisotopic (exact) mass is 354 g/mol. The highest BCUT2D eigenvalue weighted by Crippen LogP contribution is 2.32. The van der Waals surface area contributed by atoms with E-state index >= 15 is 0 Å². The van der Waals surface area contributed by atoms with Crippen molar-refractivity contribution in [3.63, 3.8) is 0 Å². The Bertz CT molecular complexity index is 921. The van der Waals surface area contributed by atoms with E-state index in [1.54, 1.807) is 24.3 Å². The van der Waals surface area contributed by atoms with Gasteiger partial charge in [-0.1, -0.05) is 17.2 Å². The minimum absolute atomic E-state index is 0.112. The number of thioether (sulfide) groups is 1. The van der Waals surface area contributed by atoms with E-state index in [0.717, 1.165) is 4.90 Å². The SMILES string of the molecule is O=C1CSc2cc(C(=O)ON3C(=O)c4ccccc4C3=O)ccc2N1. The summed E-state index contributed by atoms with van der Waals surface area (Å²) in [5, 5.41) is 3.17. The number of imide groups is 1. The van der Waals surface area contributed by atoms with Gasteiger partial charge >= 0.3 is 5.97 Å². The van der Waals surface area contributed by atoms with E-state index < -0.39 is 17.8 Å². The number of hydroxylamine groups is 2. The van der Waals surface area contributed by atoms with Crippen LogP contribution in [0.15, 0.2) is 47.4 Å². The van der Waals surface area contributed by atoms with Gasteiger partial charge in [0.1, 0.15) is 0 Å². The van der Waals surface area contributed by atoms with E-state index in [9.17, 15) is 19.2 Å². The van der Waals surface area contributed by atoms with Crippen LogP contribution in [0.3, 0.4) is 0 Å². The van der Waals surface area contributed by atoms with Crippen molar-refractivity contribution in [3.05, 3.63) is 59.2 Å². The number of hydrogen-bond acceptors (Lipinski definition) is 6. The number of fused-ring (bicyclic) bond motifs is 2. The average molecular weight is 354 g/mol. The van der Waals surface area contributed by atoms with Crippen LogP contribution >= 0.6 is 11.8 Å². The van der Waals surface area contributed by atoms with Gasteiger partial charge in [0, 0.05) is 4.90 Å². The summed E-state index contributed by atoms with van der Waals surface area (Å²) >= 11 is 1.29. The molecule has 2 aliphatic rings. The molecule has 2 aromatic carbocycles. The van der Waals surface area contributed by atoms with Crippen LogP contribution in [-0.4, -0.2) is 34.5 Å². The number of anilines is 1. The average Bonchev–Trinajstić information content (AvgIpc) is 2.86. The Balaban J connectivity index is 1.56. The van der Waals surface area contributed by atoms with Gasteiger partial charge in [-0.25, -0.2) is 4.79 Å². The summed E-state index contributed by atoms with van der Waals surface area (Å²) in [5.41, 5.74) is 1.19. The van der Waals surface area contributed by atoms with Crippen molar-refractivity contribution < 1.29 is 24.0 Å². The van der Waals surface area contributed by atoms with Gasteiger partial charge in [-0.15, -0.1) is 11.8 Å². The molecular weight excluding hydrogens is 344 g/mol. The third-order valence-corrected chi connectivity index (χ3v) is 4.84. The molecule has 2 aromatic rings. The highest BCUT2D eigenvalue weighted by atomic mass is 32.2. The Morgan fingerprint density at radius 2 is 1.72 bits per heavy atom. The Kier molecular flexibility index (Phi) is 3.54. The van der Waals surface area contributed by atoms with Crippen LogP contribution in [0.25, 0.3) is 0 Å². The van der Waals surface area contributed by atoms with Crippen molar-refractivity contribution in [2.45, 2.75) is 4.90 Å². The first-order valence-electron chi connectivity index (χ1n) is 7.31. The molecule has 0 radical (unpaired) electrons. The van der Waals surface area contributed by atoms with Gasteiger partial charge in [0.2, 0.25) is 5.91 Å². The molecule has 0 atom stereocenters. The number of amides is 3. The van der Waals surface area contributed by atoms with Gasteiger partial charge in [-0.05, 0) is 30.3 Å². The normalized spacial score (nSPS) is 15.5. The number of nitrogens with zero attached hydrogens (tertiary/aromatic N) is 1. The Hall–Kier alpha value is -3.13. The lowest BCUT2D eigenvalue weighted by atomic mass is 10.1. The predicted octanol–water partition coefficient (Wildman–Crippen LogP) is 2.10. The van der Waals surface area contributed by atoms with E-state index in [0.29, 0.717) is 10.8 Å². The van der Waals surface area contributed by atoms with Gasteiger partial charge in [0.15, 0.2) is 0 Å². The number of nitrogens with one attached hydrogen (secondary N) is 1. The second kappa shape index (κ2) is 5.75. The number of benzene rings is 2. The van der Waals surface area contributed by atoms with Crippen molar-refractivity contribution in [2.75, 3.05) is 11.1 Å². The first-order valence-corrected chi connectivity index (χ1v) is 8.30. The summed E-state index contributed by atoms with van der Waals surface area (Å²) in [7, 11) is 0. The Morgan fingerprint density at radius 3 is 2.40 bits per heavy atom. The zero-order chi connectivity index (χ0) is 17.6. The Labute approximate surface area is 145 Å². The lowest BCUT2D eigenvalue weighted by molar-refractivity contribution is -0.113. The van der Waals surface area contributed by atoms with Crippen LogP contribution < -0.4 is 5.32 Å². The van der Waals surface area contributed by atoms with Crippen LogP contribution in [0, 0.1) is 0 Å². The maximum absolute atomic E-state index is 12.3. The molecule has 0 aromatic heterocycles. The van der Waals surface area contributed by atoms with E-state index in [-0.39, 0.29) is 28.4 Å². The summed E-state index contributed by atoms with van der Waals surface area (Å²) < 4.78 is 0. The van der Waals surface area contributed by atoms with Crippen molar-refractivity contribution in [1.82, 2.24) is 5.06 Å². The van der Waals surface area contributed by atoms with Crippen LogP contribution in [0.4, 0.5) is 5.69 Å². The molecule has 0 aliphatic carbocycles. The molecule has 0 unspecified atom stereocenters. The molecular formula is C17H10N2O5S. The number of carbonyl (C=O) groups excluding carboxylic acids is 4. The maximum atomic E-state index is 12.3. The molecule has 3 amide bonds. The molecule has 2 heterocycles. The molecule has 0 spiro atoms. The molecule has 4 rings (SSSR count). The fourth-order valence-electron chi connectivity index (χ4n) is 2.59. The van der Waals surface area contributed by atoms with Crippen LogP contribution in [0.5, 0.6) is 0 Å². The zero-order valence-electron chi connectivity index (χ0n) is 12.6. The second-order valence-corrected chi connectivity index (χ2v) is 6.39. The first kappa shape index (κ1) is 15.4. The van der Waals surface area contributed by atoms with E-state index in [4.69, 9.17) is 4.84 Å². The van der Waals surface area contributed by atoms with Crippen molar-refractivity contribution >= 4 is 41.1 Å². The van der Waals surface area contributed by atoms with Gasteiger partial charge in [-0.2, -0.15) is 0 Å². The van der Waals surface area contributed by atoms with Crippen LogP contribution in [0.2, 0.25) is 0 Å². The lowest BCUT2D eigenvalue weighted by Gasteiger charge is -2.17. The molecule has 0 fully saturated rings. The first-order chi connectivity index (χ1) is 12.0. The number of hydrogen-bond donors (Lipinski definition) is 1. The van der Waals surface area contributed by atoms with Crippen LogP contribution in [0.1, 0.15) is 31.1 Å². The largest absolute Gasteiger partial charge is 0.363 e. The molecule has 0 saturated heterocycles. The van der Waals surface area contributed by atoms with E-state index in [1.165, 1.54) is 30.0 Å². The van der Waals surface area contributed by atoms with Crippen molar-refractivity contribution in [2.24, 2.45) is 0 Å². The quantitative estimate of drug-likeness (QED) is 0.830. The third-order valence-electron chi connectivity index (χ3n) is 3.78. The smallest absolute Gasteiger partial charge is 0.324 e. The molecule has 0 bridgehead atoms. The summed E-state index contributed by atoms with van der Waals surface area (Å²) in [4.78, 5) is 53.8. The molecule has 7 nitrogen and oxygen atoms in total. The minimum Gasteiger partial charge on any atom is -0.324 e. The molecule has 8 heteroatoms. The molecule has 25 heavy (non-hydrogen) atoms. The Morgan fingerprint density at radius 1 is 1.04 bits per heavy atom. The summed E-state index contributed by atoms with van der Waals surface area (Å²) in [6, 6.07) is 10.9. The number of carbonyl (C=O) groups is 4. The van der Waals surface area contributed by atoms with Gasteiger partial charge in [0.05, 0.1) is 28.1 Å². The van der Waals surface area contributed by atoms with Crippen molar-refractivity contribution in [3.8, 4) is 0 Å². The third kappa shape index (κ3) is 2.56. The highest BCUT2D eigenvalue weighted by molar-refractivity contribution is 8.00. The maximum Gasteiger partial charge on any atom is 0.363 e. The number of rotatable bonds is 2. The molecule has 2 aliphatic heterocycles. The molecule has 1 N–H and O–H groups in total.